The van der Waals surface area contributed by atoms with E-state index in [1.165, 1.54) is 18.8 Å². The number of hydrogen-bond donors (Lipinski definition) is 1. The Morgan fingerprint density at radius 2 is 1.62 bits per heavy atom. The number of aryl methyl sites for hydroxylation is 1. The number of tetrazole rings is 1. The molecule has 0 aliphatic carbocycles. The van der Waals surface area contributed by atoms with Gasteiger partial charge in [0, 0.05) is 24.3 Å². The number of aromatic nitrogens is 4. The van der Waals surface area contributed by atoms with Crippen LogP contribution in [0.4, 0.5) is 0 Å². The van der Waals surface area contributed by atoms with Crippen LogP contribution in [-0.4, -0.2) is 25.3 Å². The van der Waals surface area contributed by atoms with Gasteiger partial charge >= 0.3 is 5.91 Å². The molecule has 0 bridgehead atoms. The van der Waals surface area contributed by atoms with E-state index in [1.54, 1.807) is 0 Å². The Hall–Kier alpha value is -3.97. The molecule has 0 aliphatic rings. The van der Waals surface area contributed by atoms with Crippen molar-refractivity contribution in [2.24, 2.45) is 0 Å². The second kappa shape index (κ2) is 9.11. The molecule has 0 spiro atoms. The Morgan fingerprint density at radius 1 is 0.941 bits per heavy atom. The van der Waals surface area contributed by atoms with Gasteiger partial charge < -0.3 is 14.3 Å². The van der Waals surface area contributed by atoms with E-state index in [2.05, 4.69) is 58.8 Å². The van der Waals surface area contributed by atoms with Gasteiger partial charge in [0.1, 0.15) is 23.4 Å². The lowest BCUT2D eigenvalue weighted by atomic mass is 9.97. The molecule has 0 saturated carbocycles. The van der Waals surface area contributed by atoms with Gasteiger partial charge in [-0.05, 0) is 51.7 Å². The maximum atomic E-state index is 10.5. The SMILES string of the molecule is CCCCc1oc2ccccc2c1-c1ccc(-c2ccc(OC(C)(O)n3cnnn3)cc2)cc1. The number of furan rings is 1. The predicted octanol–water partition coefficient (Wildman–Crippen LogP) is 5.80. The molecule has 5 rings (SSSR count). The number of fused-ring (bicyclic) bond motifs is 1. The van der Waals surface area contributed by atoms with E-state index < -0.39 is 5.91 Å². The summed E-state index contributed by atoms with van der Waals surface area (Å²) < 4.78 is 13.0. The van der Waals surface area contributed by atoms with E-state index in [1.807, 2.05) is 36.4 Å². The topological polar surface area (TPSA) is 86.2 Å². The molecule has 0 saturated heterocycles. The molecule has 2 heterocycles. The Kier molecular flexibility index (Phi) is 5.86. The van der Waals surface area contributed by atoms with Crippen molar-refractivity contribution >= 4 is 11.0 Å². The van der Waals surface area contributed by atoms with Crippen molar-refractivity contribution in [3.63, 3.8) is 0 Å². The molecule has 34 heavy (non-hydrogen) atoms. The summed E-state index contributed by atoms with van der Waals surface area (Å²) in [6.45, 7) is 3.67. The van der Waals surface area contributed by atoms with Crippen LogP contribution in [0.2, 0.25) is 0 Å². The van der Waals surface area contributed by atoms with Crippen LogP contribution < -0.4 is 4.74 Å². The molecule has 172 valence electrons. The highest BCUT2D eigenvalue weighted by atomic mass is 16.6. The molecular formula is C27H26N4O3. The minimum Gasteiger partial charge on any atom is -0.460 e. The van der Waals surface area contributed by atoms with Crippen LogP contribution in [0, 0.1) is 0 Å². The fourth-order valence-corrected chi connectivity index (χ4v) is 4.09. The Morgan fingerprint density at radius 3 is 2.29 bits per heavy atom. The third kappa shape index (κ3) is 4.30. The van der Waals surface area contributed by atoms with E-state index in [-0.39, 0.29) is 0 Å². The standard InChI is InChI=1S/C27H26N4O3/c1-3-4-8-25-26(23-7-5-6-9-24(23)33-25)21-12-10-19(11-13-21)20-14-16-22(17-15-20)34-27(2,32)31-18-28-29-30-31/h5-7,9-18,32H,3-4,8H2,1-2H3. The molecule has 0 amide bonds. The molecule has 1 unspecified atom stereocenters. The van der Waals surface area contributed by atoms with Gasteiger partial charge in [-0.3, -0.25) is 0 Å². The van der Waals surface area contributed by atoms with Gasteiger partial charge in [0.2, 0.25) is 0 Å². The predicted molar refractivity (Wildman–Crippen MR) is 130 cm³/mol. The average molecular weight is 455 g/mol. The normalized spacial score (nSPS) is 13.1. The summed E-state index contributed by atoms with van der Waals surface area (Å²) in [5, 5.41) is 22.4. The van der Waals surface area contributed by atoms with Crippen molar-refractivity contribution in [3.05, 3.63) is 84.9 Å². The third-order valence-electron chi connectivity index (χ3n) is 5.87. The van der Waals surface area contributed by atoms with Crippen LogP contribution in [0.3, 0.4) is 0 Å². The Bertz CT molecular complexity index is 1370. The minimum atomic E-state index is -1.69. The van der Waals surface area contributed by atoms with E-state index in [0.717, 1.165) is 57.4 Å². The van der Waals surface area contributed by atoms with Crippen molar-refractivity contribution < 1.29 is 14.3 Å². The number of unbranched alkanes of at least 4 members (excludes halogenated alkanes) is 1. The highest BCUT2D eigenvalue weighted by Crippen LogP contribution is 2.37. The van der Waals surface area contributed by atoms with E-state index >= 15 is 0 Å². The highest BCUT2D eigenvalue weighted by Gasteiger charge is 2.26. The van der Waals surface area contributed by atoms with Crippen LogP contribution in [-0.2, 0) is 12.3 Å². The lowest BCUT2D eigenvalue weighted by Gasteiger charge is -2.23. The average Bonchev–Trinajstić information content (AvgIpc) is 3.52. The molecule has 5 aromatic rings. The second-order valence-electron chi connectivity index (χ2n) is 8.39. The van der Waals surface area contributed by atoms with Crippen molar-refractivity contribution in [1.82, 2.24) is 20.2 Å². The third-order valence-corrected chi connectivity index (χ3v) is 5.87. The van der Waals surface area contributed by atoms with Crippen molar-refractivity contribution in [1.29, 1.82) is 0 Å². The largest absolute Gasteiger partial charge is 0.460 e. The first-order valence-electron chi connectivity index (χ1n) is 11.4. The first kappa shape index (κ1) is 21.9. The van der Waals surface area contributed by atoms with E-state index in [0.29, 0.717) is 5.75 Å². The molecule has 3 aromatic carbocycles. The number of aliphatic hydroxyl groups is 1. The summed E-state index contributed by atoms with van der Waals surface area (Å²) in [7, 11) is 0. The van der Waals surface area contributed by atoms with Crippen molar-refractivity contribution in [2.75, 3.05) is 0 Å². The first-order chi connectivity index (χ1) is 16.5. The number of nitrogens with zero attached hydrogens (tertiary/aromatic N) is 4. The van der Waals surface area contributed by atoms with Gasteiger partial charge in [0.25, 0.3) is 0 Å². The highest BCUT2D eigenvalue weighted by molar-refractivity contribution is 5.96. The molecule has 1 N–H and O–H groups in total. The molecule has 0 radical (unpaired) electrons. The van der Waals surface area contributed by atoms with Gasteiger partial charge in [-0.25, -0.2) is 0 Å². The zero-order valence-corrected chi connectivity index (χ0v) is 19.2. The number of benzene rings is 3. The van der Waals surface area contributed by atoms with Crippen molar-refractivity contribution in [3.8, 4) is 28.0 Å². The lowest BCUT2D eigenvalue weighted by molar-refractivity contribution is -0.199. The van der Waals surface area contributed by atoms with Gasteiger partial charge in [-0.15, -0.1) is 5.10 Å². The van der Waals surface area contributed by atoms with Crippen LogP contribution in [0.5, 0.6) is 5.75 Å². The molecule has 0 aliphatic heterocycles. The minimum absolute atomic E-state index is 0.506. The van der Waals surface area contributed by atoms with Crippen LogP contribution in [0.1, 0.15) is 32.4 Å². The summed E-state index contributed by atoms with van der Waals surface area (Å²) in [6, 6.07) is 24.3. The lowest BCUT2D eigenvalue weighted by Crippen LogP contribution is -2.36. The number of hydrogen-bond acceptors (Lipinski definition) is 6. The second-order valence-corrected chi connectivity index (χ2v) is 8.39. The number of rotatable bonds is 8. The Labute approximate surface area is 197 Å². The maximum absolute atomic E-state index is 10.5. The first-order valence-corrected chi connectivity index (χ1v) is 11.4. The summed E-state index contributed by atoms with van der Waals surface area (Å²) in [5.74, 6) is -0.131. The Balaban J connectivity index is 1.39. The van der Waals surface area contributed by atoms with Gasteiger partial charge in [-0.1, -0.05) is 67.9 Å². The summed E-state index contributed by atoms with van der Waals surface area (Å²) in [4.78, 5) is 0. The quantitative estimate of drug-likeness (QED) is 0.298. The smallest absolute Gasteiger partial charge is 0.311 e. The molecule has 7 heteroatoms. The summed E-state index contributed by atoms with van der Waals surface area (Å²) >= 11 is 0. The van der Waals surface area contributed by atoms with E-state index in [4.69, 9.17) is 9.15 Å². The summed E-state index contributed by atoms with van der Waals surface area (Å²) in [6.07, 6.45) is 4.45. The fourth-order valence-electron chi connectivity index (χ4n) is 4.09. The summed E-state index contributed by atoms with van der Waals surface area (Å²) in [5.41, 5.74) is 5.40. The number of ether oxygens (including phenoxy) is 1. The fraction of sp³-hybridized carbons (Fsp3) is 0.222. The monoisotopic (exact) mass is 454 g/mol. The van der Waals surface area contributed by atoms with Gasteiger partial charge in [0.15, 0.2) is 0 Å². The van der Waals surface area contributed by atoms with Crippen LogP contribution in [0.25, 0.3) is 33.2 Å². The molecule has 7 nitrogen and oxygen atoms in total. The number of para-hydroxylation sites is 1. The van der Waals surface area contributed by atoms with Crippen LogP contribution in [0.15, 0.2) is 83.5 Å². The molecule has 1 atom stereocenters. The zero-order valence-electron chi connectivity index (χ0n) is 19.2. The molecule has 2 aromatic heterocycles. The molecule has 0 fully saturated rings. The van der Waals surface area contributed by atoms with Gasteiger partial charge in [0.05, 0.1) is 0 Å². The van der Waals surface area contributed by atoms with Crippen LogP contribution >= 0.6 is 0 Å². The maximum Gasteiger partial charge on any atom is 0.311 e. The van der Waals surface area contributed by atoms with Gasteiger partial charge in [-0.2, -0.15) is 4.68 Å². The molecular weight excluding hydrogens is 428 g/mol. The zero-order chi connectivity index (χ0) is 23.5. The van der Waals surface area contributed by atoms with Crippen molar-refractivity contribution in [2.45, 2.75) is 39.0 Å². The van der Waals surface area contributed by atoms with E-state index in [9.17, 15) is 5.11 Å².